The van der Waals surface area contributed by atoms with E-state index in [1.165, 1.54) is 28.0 Å². The van der Waals surface area contributed by atoms with Crippen molar-refractivity contribution in [2.75, 3.05) is 26.3 Å². The van der Waals surface area contributed by atoms with Crippen LogP contribution < -0.4 is 15.2 Å². The number of likely N-dealkylation sites (tertiary alicyclic amines) is 2. The number of carboxylic acid groups (broad SMARTS) is 2. The van der Waals surface area contributed by atoms with Crippen LogP contribution >= 0.6 is 0 Å². The molecule has 2 fully saturated rings. The highest BCUT2D eigenvalue weighted by atomic mass is 16.5. The number of aromatic nitrogens is 2. The summed E-state index contributed by atoms with van der Waals surface area (Å²) in [5.41, 5.74) is 0.294. The molecule has 1 aromatic carbocycles. The minimum absolute atomic E-state index is 0.0453. The maximum Gasteiger partial charge on any atom is 0.439 e. The minimum Gasteiger partial charge on any atom is -0.484 e. The largest absolute Gasteiger partial charge is 0.484 e. The number of rotatable bonds is 9. The molecule has 2 aliphatic heterocycles. The number of nitrogens with one attached hydrogen (secondary N) is 1. The molecule has 2 saturated heterocycles. The zero-order valence-corrected chi connectivity index (χ0v) is 19.0. The molecule has 0 saturated carbocycles. The Hall–Kier alpha value is -4.36. The van der Waals surface area contributed by atoms with Crippen molar-refractivity contribution in [2.45, 2.75) is 37.8 Å². The lowest BCUT2D eigenvalue weighted by molar-refractivity contribution is -0.149. The van der Waals surface area contributed by atoms with Gasteiger partial charge in [0.1, 0.15) is 23.6 Å². The van der Waals surface area contributed by atoms with Crippen LogP contribution in [0.5, 0.6) is 11.5 Å². The lowest BCUT2D eigenvalue weighted by Gasteiger charge is -2.22. The molecule has 2 unspecified atom stereocenters. The van der Waals surface area contributed by atoms with Gasteiger partial charge in [-0.1, -0.05) is 5.16 Å². The second kappa shape index (κ2) is 10.5. The number of carbonyl (C=O) groups is 4. The van der Waals surface area contributed by atoms with Gasteiger partial charge in [-0.05, 0) is 37.8 Å². The molecule has 0 radical (unpaired) electrons. The Morgan fingerprint density at radius 3 is 1.83 bits per heavy atom. The van der Waals surface area contributed by atoms with Crippen molar-refractivity contribution in [3.63, 3.8) is 0 Å². The number of carboxylic acids is 2. The normalized spacial score (nSPS) is 19.3. The molecule has 2 amide bonds. The first kappa shape index (κ1) is 24.8. The van der Waals surface area contributed by atoms with Crippen molar-refractivity contribution in [2.24, 2.45) is 0 Å². The van der Waals surface area contributed by atoms with Gasteiger partial charge in [-0.25, -0.2) is 14.4 Å². The van der Waals surface area contributed by atoms with Gasteiger partial charge in [-0.15, -0.1) is 0 Å². The van der Waals surface area contributed by atoms with E-state index in [9.17, 15) is 34.2 Å². The van der Waals surface area contributed by atoms with Gasteiger partial charge >= 0.3 is 17.7 Å². The Bertz CT molecular complexity index is 1160. The molecule has 3 heterocycles. The van der Waals surface area contributed by atoms with Gasteiger partial charge in [-0.2, -0.15) is 0 Å². The third kappa shape index (κ3) is 5.47. The number of hydrogen-bond acceptors (Lipinski definition) is 9. The highest BCUT2D eigenvalue weighted by molar-refractivity contribution is 5.86. The average Bonchev–Trinajstić information content (AvgIpc) is 3.61. The Labute approximate surface area is 203 Å². The molecule has 3 N–H and O–H groups in total. The summed E-state index contributed by atoms with van der Waals surface area (Å²) in [7, 11) is 0. The van der Waals surface area contributed by atoms with E-state index >= 15 is 0 Å². The number of hydrogen-bond donors (Lipinski definition) is 3. The zero-order chi connectivity index (χ0) is 25.8. The molecular formula is C22H24N4O10. The summed E-state index contributed by atoms with van der Waals surface area (Å²) in [6.07, 6.45) is 1.87. The molecule has 36 heavy (non-hydrogen) atoms. The number of nitrogens with zero attached hydrogens (tertiary/aromatic N) is 3. The number of benzene rings is 1. The van der Waals surface area contributed by atoms with Crippen LogP contribution in [0.15, 0.2) is 27.5 Å². The smallest absolute Gasteiger partial charge is 0.439 e. The van der Waals surface area contributed by atoms with Crippen LogP contribution in [-0.2, 0) is 19.2 Å². The van der Waals surface area contributed by atoms with E-state index in [0.29, 0.717) is 44.3 Å². The Balaban J connectivity index is 1.48. The first-order valence-corrected chi connectivity index (χ1v) is 11.2. The van der Waals surface area contributed by atoms with Gasteiger partial charge in [-0.3, -0.25) is 19.1 Å². The van der Waals surface area contributed by atoms with Crippen molar-refractivity contribution >= 4 is 23.8 Å². The molecule has 2 aliphatic rings. The summed E-state index contributed by atoms with van der Waals surface area (Å²) in [6.45, 7) is -0.280. The summed E-state index contributed by atoms with van der Waals surface area (Å²) in [6, 6.07) is 2.50. The van der Waals surface area contributed by atoms with Crippen molar-refractivity contribution in [1.82, 2.24) is 19.9 Å². The molecule has 0 spiro atoms. The third-order valence-electron chi connectivity index (χ3n) is 6.03. The van der Waals surface area contributed by atoms with Crippen LogP contribution in [0.4, 0.5) is 0 Å². The number of ether oxygens (including phenoxy) is 2. The van der Waals surface area contributed by atoms with E-state index in [-0.39, 0.29) is 17.3 Å². The topological polar surface area (TPSA) is 193 Å². The quantitative estimate of drug-likeness (QED) is 0.414. The number of H-pyrrole nitrogens is 1. The van der Waals surface area contributed by atoms with E-state index in [1.807, 2.05) is 0 Å². The molecule has 192 valence electrons. The van der Waals surface area contributed by atoms with E-state index < -0.39 is 54.8 Å². The molecule has 1 aromatic heterocycles. The second-order valence-electron chi connectivity index (χ2n) is 8.38. The Kier molecular flexibility index (Phi) is 7.22. The van der Waals surface area contributed by atoms with Gasteiger partial charge in [0, 0.05) is 24.7 Å². The van der Waals surface area contributed by atoms with E-state index in [4.69, 9.17) is 9.47 Å². The fourth-order valence-electron chi connectivity index (χ4n) is 4.33. The zero-order valence-electron chi connectivity index (χ0n) is 19.0. The van der Waals surface area contributed by atoms with Crippen molar-refractivity contribution in [3.8, 4) is 22.9 Å². The van der Waals surface area contributed by atoms with Crippen LogP contribution in [0.2, 0.25) is 0 Å². The van der Waals surface area contributed by atoms with Crippen molar-refractivity contribution in [1.29, 1.82) is 0 Å². The molecule has 2 atom stereocenters. The van der Waals surface area contributed by atoms with Gasteiger partial charge in [0.2, 0.25) is 0 Å². The summed E-state index contributed by atoms with van der Waals surface area (Å²) in [5, 5.41) is 22.2. The fourth-order valence-corrected chi connectivity index (χ4v) is 4.33. The van der Waals surface area contributed by atoms with Gasteiger partial charge < -0.3 is 29.5 Å². The molecule has 0 aliphatic carbocycles. The maximum atomic E-state index is 12.6. The summed E-state index contributed by atoms with van der Waals surface area (Å²) in [4.78, 5) is 64.1. The molecule has 14 heteroatoms. The molecule has 0 bridgehead atoms. The van der Waals surface area contributed by atoms with Crippen LogP contribution in [0.3, 0.4) is 0 Å². The molecule has 4 rings (SSSR count). The van der Waals surface area contributed by atoms with E-state index in [1.54, 1.807) is 0 Å². The first-order valence-electron chi connectivity index (χ1n) is 11.2. The Morgan fingerprint density at radius 2 is 1.42 bits per heavy atom. The van der Waals surface area contributed by atoms with Gasteiger partial charge in [0.25, 0.3) is 11.8 Å². The second-order valence-corrected chi connectivity index (χ2v) is 8.38. The SMILES string of the molecule is O=C(O)C1CCCN1C(=O)COc1cc(OCC(=O)N2CCCC2C(=O)O)cc(-c2noc(=O)[nH]2)c1. The van der Waals surface area contributed by atoms with Crippen LogP contribution in [-0.4, -0.2) is 92.3 Å². The van der Waals surface area contributed by atoms with Gasteiger partial charge in [0.05, 0.1) is 0 Å². The highest BCUT2D eigenvalue weighted by Crippen LogP contribution is 2.29. The van der Waals surface area contributed by atoms with E-state index in [2.05, 4.69) is 14.7 Å². The summed E-state index contributed by atoms with van der Waals surface area (Å²) < 4.78 is 15.7. The van der Waals surface area contributed by atoms with Crippen LogP contribution in [0.1, 0.15) is 25.7 Å². The van der Waals surface area contributed by atoms with Crippen molar-refractivity contribution in [3.05, 3.63) is 28.7 Å². The monoisotopic (exact) mass is 504 g/mol. The standard InChI is InChI=1S/C22H24N4O10/c27-17(25-5-1-3-15(25)20(29)30)10-34-13-7-12(19-23-22(33)36-24-19)8-14(9-13)35-11-18(28)26-6-2-4-16(26)21(31)32/h7-9,15-16H,1-6,10-11H2,(H,29,30)(H,31,32)(H,23,24,33). The first-order chi connectivity index (χ1) is 17.2. The number of aliphatic carboxylic acids is 2. The average molecular weight is 504 g/mol. The lowest BCUT2D eigenvalue weighted by Crippen LogP contribution is -2.42. The van der Waals surface area contributed by atoms with Gasteiger partial charge in [0.15, 0.2) is 19.0 Å². The van der Waals surface area contributed by atoms with Crippen LogP contribution in [0, 0.1) is 0 Å². The molecule has 14 nitrogen and oxygen atoms in total. The molecular weight excluding hydrogens is 480 g/mol. The number of aromatic amines is 1. The van der Waals surface area contributed by atoms with E-state index in [0.717, 1.165) is 0 Å². The number of carbonyl (C=O) groups excluding carboxylic acids is 2. The lowest BCUT2D eigenvalue weighted by atomic mass is 10.2. The Morgan fingerprint density at radius 1 is 0.917 bits per heavy atom. The highest BCUT2D eigenvalue weighted by Gasteiger charge is 2.35. The van der Waals surface area contributed by atoms with Crippen LogP contribution in [0.25, 0.3) is 11.4 Å². The minimum atomic E-state index is -1.08. The fraction of sp³-hybridized carbons (Fsp3) is 0.455. The molecule has 2 aromatic rings. The summed E-state index contributed by atoms with van der Waals surface area (Å²) >= 11 is 0. The number of amides is 2. The third-order valence-corrected chi connectivity index (χ3v) is 6.03. The van der Waals surface area contributed by atoms with Crippen molar-refractivity contribution < 1.29 is 43.4 Å². The maximum absolute atomic E-state index is 12.6. The predicted octanol–water partition coefficient (Wildman–Crippen LogP) is -0.0613. The summed E-state index contributed by atoms with van der Waals surface area (Å²) in [5.74, 6) is -3.68. The predicted molar refractivity (Wildman–Crippen MR) is 118 cm³/mol.